The highest BCUT2D eigenvalue weighted by atomic mass is 16.2. The van der Waals surface area contributed by atoms with Gasteiger partial charge >= 0.3 is 0 Å². The van der Waals surface area contributed by atoms with Crippen LogP contribution in [0.2, 0.25) is 0 Å². The van der Waals surface area contributed by atoms with Crippen molar-refractivity contribution in [3.05, 3.63) is 41.6 Å². The summed E-state index contributed by atoms with van der Waals surface area (Å²) >= 11 is 0. The van der Waals surface area contributed by atoms with Gasteiger partial charge in [0.1, 0.15) is 0 Å². The van der Waals surface area contributed by atoms with Crippen LogP contribution < -0.4 is 5.73 Å². The van der Waals surface area contributed by atoms with Crippen LogP contribution in [0.25, 0.3) is 10.9 Å². The molecule has 0 unspecified atom stereocenters. The molecular weight excluding hydrogens is 314 g/mol. The molecule has 1 aliphatic heterocycles. The van der Waals surface area contributed by atoms with Crippen LogP contribution in [0.1, 0.15) is 48.2 Å². The van der Waals surface area contributed by atoms with E-state index in [9.17, 15) is 9.59 Å². The quantitative estimate of drug-likeness (QED) is 0.935. The molecule has 0 bridgehead atoms. The fourth-order valence-electron chi connectivity index (χ4n) is 3.94. The maximum atomic E-state index is 12.6. The van der Waals surface area contributed by atoms with Crippen LogP contribution in [-0.2, 0) is 4.79 Å². The Morgan fingerprint density at radius 1 is 1.28 bits per heavy atom. The van der Waals surface area contributed by atoms with E-state index in [0.29, 0.717) is 18.0 Å². The van der Waals surface area contributed by atoms with Crippen molar-refractivity contribution in [2.75, 3.05) is 13.1 Å². The molecule has 3 atom stereocenters. The summed E-state index contributed by atoms with van der Waals surface area (Å²) in [6.07, 6.45) is 2.86. The minimum absolute atomic E-state index is 0.0684. The van der Waals surface area contributed by atoms with E-state index in [1.807, 2.05) is 35.2 Å². The lowest BCUT2D eigenvalue weighted by molar-refractivity contribution is -0.134. The maximum Gasteiger partial charge on any atom is 0.250 e. The monoisotopic (exact) mass is 337 g/mol. The molecule has 1 aliphatic carbocycles. The van der Waals surface area contributed by atoms with Gasteiger partial charge in [0, 0.05) is 30.3 Å². The standard InChI is InChI=1S/C20H23N3O2/c1-12-9-15(12)20(25)23-8-4-6-14(11-23)18-16(19(21)24)10-13-5-2-3-7-17(13)22-18/h2-3,5,7,10,12,14-15H,4,6,8-9,11H2,1H3,(H2,21,24)/t12-,14-,15-/m1/s1. The van der Waals surface area contributed by atoms with E-state index in [1.165, 1.54) is 0 Å². The average Bonchev–Trinajstić information content (AvgIpc) is 3.36. The molecule has 2 N–H and O–H groups in total. The minimum Gasteiger partial charge on any atom is -0.366 e. The number of amides is 2. The molecule has 2 fully saturated rings. The highest BCUT2D eigenvalue weighted by molar-refractivity contribution is 5.97. The van der Waals surface area contributed by atoms with E-state index in [-0.39, 0.29) is 17.7 Å². The third kappa shape index (κ3) is 2.99. The summed E-state index contributed by atoms with van der Waals surface area (Å²) in [6, 6.07) is 9.58. The highest BCUT2D eigenvalue weighted by Gasteiger charge is 2.42. The third-order valence-electron chi connectivity index (χ3n) is 5.57. The number of likely N-dealkylation sites (tertiary alicyclic amines) is 1. The molecule has 2 aliphatic rings. The van der Waals surface area contributed by atoms with E-state index in [0.717, 1.165) is 42.4 Å². The van der Waals surface area contributed by atoms with Crippen molar-refractivity contribution < 1.29 is 9.59 Å². The number of para-hydroxylation sites is 1. The molecule has 0 spiro atoms. The number of benzene rings is 1. The molecule has 5 nitrogen and oxygen atoms in total. The largest absolute Gasteiger partial charge is 0.366 e. The van der Waals surface area contributed by atoms with Gasteiger partial charge in [-0.3, -0.25) is 14.6 Å². The Morgan fingerprint density at radius 3 is 2.76 bits per heavy atom. The predicted octanol–water partition coefficient (Wildman–Crippen LogP) is 2.70. The molecule has 1 saturated heterocycles. The summed E-state index contributed by atoms with van der Waals surface area (Å²) in [5, 5.41) is 0.913. The Kier molecular flexibility index (Phi) is 3.94. The number of piperidine rings is 1. The molecule has 2 heterocycles. The fourth-order valence-corrected chi connectivity index (χ4v) is 3.94. The number of aromatic nitrogens is 1. The minimum atomic E-state index is -0.451. The lowest BCUT2D eigenvalue weighted by Crippen LogP contribution is -2.40. The van der Waals surface area contributed by atoms with Crippen molar-refractivity contribution in [2.24, 2.45) is 17.6 Å². The Hall–Kier alpha value is -2.43. The van der Waals surface area contributed by atoms with Crippen molar-refractivity contribution in [1.29, 1.82) is 0 Å². The number of primary amides is 1. The van der Waals surface area contributed by atoms with Crippen molar-refractivity contribution in [3.8, 4) is 0 Å². The van der Waals surface area contributed by atoms with Gasteiger partial charge < -0.3 is 10.6 Å². The van der Waals surface area contributed by atoms with Crippen LogP contribution in [0.4, 0.5) is 0 Å². The maximum absolute atomic E-state index is 12.6. The normalized spacial score (nSPS) is 25.8. The Morgan fingerprint density at radius 2 is 2.04 bits per heavy atom. The first-order chi connectivity index (χ1) is 12.0. The van der Waals surface area contributed by atoms with Crippen LogP contribution in [0.5, 0.6) is 0 Å². The van der Waals surface area contributed by atoms with Gasteiger partial charge in [0.25, 0.3) is 5.91 Å². The van der Waals surface area contributed by atoms with E-state index >= 15 is 0 Å². The Balaban J connectivity index is 1.66. The number of hydrogen-bond acceptors (Lipinski definition) is 3. The van der Waals surface area contributed by atoms with Gasteiger partial charge in [-0.15, -0.1) is 0 Å². The molecule has 1 aromatic carbocycles. The molecule has 2 amide bonds. The van der Waals surface area contributed by atoms with Gasteiger partial charge in [-0.2, -0.15) is 0 Å². The number of pyridine rings is 1. The van der Waals surface area contributed by atoms with Crippen molar-refractivity contribution >= 4 is 22.7 Å². The Bertz CT molecular complexity index is 848. The topological polar surface area (TPSA) is 76.3 Å². The second kappa shape index (κ2) is 6.14. The number of nitrogens with two attached hydrogens (primary N) is 1. The first-order valence-corrected chi connectivity index (χ1v) is 9.03. The zero-order valence-corrected chi connectivity index (χ0v) is 14.4. The first kappa shape index (κ1) is 16.1. The van der Waals surface area contributed by atoms with Crippen LogP contribution in [0.15, 0.2) is 30.3 Å². The lowest BCUT2D eigenvalue weighted by atomic mass is 9.90. The molecule has 2 aromatic rings. The van der Waals surface area contributed by atoms with Gasteiger partial charge in [-0.25, -0.2) is 0 Å². The second-order valence-corrected chi connectivity index (χ2v) is 7.42. The summed E-state index contributed by atoms with van der Waals surface area (Å²) in [5.41, 5.74) is 7.71. The summed E-state index contributed by atoms with van der Waals surface area (Å²) in [4.78, 5) is 31.3. The molecule has 25 heavy (non-hydrogen) atoms. The van der Waals surface area contributed by atoms with E-state index in [1.54, 1.807) is 0 Å². The van der Waals surface area contributed by atoms with Gasteiger partial charge in [0.15, 0.2) is 0 Å². The third-order valence-corrected chi connectivity index (χ3v) is 5.57. The lowest BCUT2D eigenvalue weighted by Gasteiger charge is -2.33. The SMILES string of the molecule is C[C@@H]1C[C@H]1C(=O)N1CCC[C@@H](c2nc3ccccc3cc2C(N)=O)C1. The summed E-state index contributed by atoms with van der Waals surface area (Å²) in [7, 11) is 0. The van der Waals surface area contributed by atoms with Crippen molar-refractivity contribution in [3.63, 3.8) is 0 Å². The van der Waals surface area contributed by atoms with Gasteiger partial charge in [-0.1, -0.05) is 25.1 Å². The highest BCUT2D eigenvalue weighted by Crippen LogP contribution is 2.40. The number of carbonyl (C=O) groups is 2. The summed E-state index contributed by atoms with van der Waals surface area (Å²) in [5.74, 6) is 0.580. The van der Waals surface area contributed by atoms with Crippen LogP contribution >= 0.6 is 0 Å². The van der Waals surface area contributed by atoms with Gasteiger partial charge in [0.05, 0.1) is 16.8 Å². The molecule has 5 heteroatoms. The van der Waals surface area contributed by atoms with Crippen molar-refractivity contribution in [2.45, 2.75) is 32.1 Å². The van der Waals surface area contributed by atoms with E-state index in [4.69, 9.17) is 10.7 Å². The molecule has 1 saturated carbocycles. The Labute approximate surface area is 147 Å². The van der Waals surface area contributed by atoms with E-state index in [2.05, 4.69) is 6.92 Å². The van der Waals surface area contributed by atoms with Crippen molar-refractivity contribution in [1.82, 2.24) is 9.88 Å². The molecule has 130 valence electrons. The first-order valence-electron chi connectivity index (χ1n) is 9.03. The number of carbonyl (C=O) groups excluding carboxylic acids is 2. The zero-order valence-electron chi connectivity index (χ0n) is 14.4. The summed E-state index contributed by atoms with van der Waals surface area (Å²) < 4.78 is 0. The smallest absolute Gasteiger partial charge is 0.250 e. The second-order valence-electron chi connectivity index (χ2n) is 7.42. The van der Waals surface area contributed by atoms with Crippen LogP contribution in [0.3, 0.4) is 0 Å². The molecule has 0 radical (unpaired) electrons. The van der Waals surface area contributed by atoms with Crippen LogP contribution in [-0.4, -0.2) is 34.8 Å². The number of nitrogens with zero attached hydrogens (tertiary/aromatic N) is 2. The van der Waals surface area contributed by atoms with Gasteiger partial charge in [-0.05, 0) is 37.3 Å². The molecule has 4 rings (SSSR count). The number of fused-ring (bicyclic) bond motifs is 1. The fraction of sp³-hybridized carbons (Fsp3) is 0.450. The average molecular weight is 337 g/mol. The van der Waals surface area contributed by atoms with E-state index < -0.39 is 5.91 Å². The number of hydrogen-bond donors (Lipinski definition) is 1. The predicted molar refractivity (Wildman–Crippen MR) is 96.1 cm³/mol. The van der Waals surface area contributed by atoms with Crippen LogP contribution in [0, 0.1) is 11.8 Å². The molecule has 1 aromatic heterocycles. The number of rotatable bonds is 3. The zero-order chi connectivity index (χ0) is 17.6. The summed E-state index contributed by atoms with van der Waals surface area (Å²) in [6.45, 7) is 3.56. The van der Waals surface area contributed by atoms with Gasteiger partial charge in [0.2, 0.25) is 5.91 Å². The molecular formula is C20H23N3O2.